The second-order valence-electron chi connectivity index (χ2n) is 5.70. The van der Waals surface area contributed by atoms with Crippen molar-refractivity contribution in [2.75, 3.05) is 0 Å². The van der Waals surface area contributed by atoms with E-state index in [9.17, 15) is 15.2 Å². The number of hydrogen-bond acceptors (Lipinski definition) is 5. The van der Waals surface area contributed by atoms with Crippen LogP contribution in [0, 0.1) is 10.1 Å². The highest BCUT2D eigenvalue weighted by atomic mass is 35.5. The lowest BCUT2D eigenvalue weighted by atomic mass is 10.1. The molecule has 1 aromatic heterocycles. The molecule has 3 rings (SSSR count). The van der Waals surface area contributed by atoms with Crippen LogP contribution in [0.5, 0.6) is 5.75 Å². The Hall–Kier alpha value is -2.61. The summed E-state index contributed by atoms with van der Waals surface area (Å²) in [5.41, 5.74) is 7.85. The van der Waals surface area contributed by atoms with E-state index in [-0.39, 0.29) is 11.4 Å². The van der Waals surface area contributed by atoms with Gasteiger partial charge in [0.1, 0.15) is 5.82 Å². The molecule has 0 aliphatic carbocycles. The van der Waals surface area contributed by atoms with Crippen molar-refractivity contribution in [2.45, 2.75) is 12.5 Å². The van der Waals surface area contributed by atoms with Gasteiger partial charge in [0, 0.05) is 16.7 Å². The van der Waals surface area contributed by atoms with E-state index in [0.717, 1.165) is 5.56 Å². The van der Waals surface area contributed by atoms with Crippen molar-refractivity contribution in [3.8, 4) is 17.0 Å². The third-order valence-corrected chi connectivity index (χ3v) is 4.41. The van der Waals surface area contributed by atoms with Gasteiger partial charge in [-0.25, -0.2) is 4.98 Å². The summed E-state index contributed by atoms with van der Waals surface area (Å²) in [6.45, 7) is 0. The summed E-state index contributed by atoms with van der Waals surface area (Å²) in [6.07, 6.45) is 1.92. The van der Waals surface area contributed by atoms with Gasteiger partial charge < -0.3 is 15.8 Å². The SMILES string of the molecule is N[C@@H](Cc1ccc(O)c([N+](=O)[O-])c1)c1ncc(-c2ccc(Cl)cc2Cl)[nH]1. The van der Waals surface area contributed by atoms with Gasteiger partial charge in [0.2, 0.25) is 0 Å². The zero-order valence-electron chi connectivity index (χ0n) is 13.3. The number of nitrogens with one attached hydrogen (secondary N) is 1. The van der Waals surface area contributed by atoms with Crippen LogP contribution in [0.1, 0.15) is 17.4 Å². The molecule has 0 fully saturated rings. The Morgan fingerprint density at radius 3 is 2.73 bits per heavy atom. The quantitative estimate of drug-likeness (QED) is 0.443. The van der Waals surface area contributed by atoms with Crippen molar-refractivity contribution in [1.29, 1.82) is 0 Å². The zero-order chi connectivity index (χ0) is 18.8. The number of aromatic hydroxyl groups is 1. The molecular weight excluding hydrogens is 379 g/mol. The van der Waals surface area contributed by atoms with E-state index in [1.54, 1.807) is 30.5 Å². The molecule has 26 heavy (non-hydrogen) atoms. The summed E-state index contributed by atoms with van der Waals surface area (Å²) in [7, 11) is 0. The van der Waals surface area contributed by atoms with Gasteiger partial charge in [-0.05, 0) is 36.2 Å². The topological polar surface area (TPSA) is 118 Å². The smallest absolute Gasteiger partial charge is 0.310 e. The van der Waals surface area contributed by atoms with Gasteiger partial charge in [-0.3, -0.25) is 10.1 Å². The highest BCUT2D eigenvalue weighted by Gasteiger charge is 2.17. The minimum atomic E-state index is -0.641. The summed E-state index contributed by atoms with van der Waals surface area (Å²) < 4.78 is 0. The van der Waals surface area contributed by atoms with Gasteiger partial charge in [0.05, 0.1) is 27.9 Å². The predicted molar refractivity (Wildman–Crippen MR) is 99.4 cm³/mol. The van der Waals surface area contributed by atoms with Gasteiger partial charge in [0.15, 0.2) is 5.75 Å². The molecule has 0 unspecified atom stereocenters. The van der Waals surface area contributed by atoms with E-state index in [1.165, 1.54) is 12.1 Å². The third-order valence-electron chi connectivity index (χ3n) is 3.86. The molecule has 1 heterocycles. The Morgan fingerprint density at radius 2 is 2.04 bits per heavy atom. The highest BCUT2D eigenvalue weighted by Crippen LogP contribution is 2.31. The first-order valence-electron chi connectivity index (χ1n) is 7.57. The molecule has 0 bridgehead atoms. The number of rotatable bonds is 5. The number of nitrogens with zero attached hydrogens (tertiary/aromatic N) is 2. The van der Waals surface area contributed by atoms with Crippen LogP contribution in [-0.2, 0) is 6.42 Å². The summed E-state index contributed by atoms with van der Waals surface area (Å²) in [5, 5.41) is 21.5. The van der Waals surface area contributed by atoms with Crippen molar-refractivity contribution >= 4 is 28.9 Å². The van der Waals surface area contributed by atoms with Crippen molar-refractivity contribution < 1.29 is 10.0 Å². The number of H-pyrrole nitrogens is 1. The molecule has 0 aliphatic heterocycles. The molecule has 7 nitrogen and oxygen atoms in total. The van der Waals surface area contributed by atoms with E-state index in [1.807, 2.05) is 0 Å². The maximum absolute atomic E-state index is 10.9. The lowest BCUT2D eigenvalue weighted by molar-refractivity contribution is -0.385. The number of phenolic OH excluding ortho intramolecular Hbond substituents is 1. The van der Waals surface area contributed by atoms with Crippen molar-refractivity contribution in [1.82, 2.24) is 9.97 Å². The molecule has 1 atom stereocenters. The number of benzene rings is 2. The third kappa shape index (κ3) is 3.80. The van der Waals surface area contributed by atoms with Crippen LogP contribution in [0.4, 0.5) is 5.69 Å². The number of phenols is 1. The predicted octanol–water partition coefficient (Wildman–Crippen LogP) is 4.24. The van der Waals surface area contributed by atoms with Gasteiger partial charge in [-0.1, -0.05) is 29.3 Å². The Morgan fingerprint density at radius 1 is 1.27 bits per heavy atom. The Kier molecular flexibility index (Phi) is 5.13. The molecule has 0 saturated carbocycles. The van der Waals surface area contributed by atoms with Crippen LogP contribution in [-0.4, -0.2) is 20.0 Å². The fourth-order valence-electron chi connectivity index (χ4n) is 2.56. The second kappa shape index (κ2) is 7.33. The number of nitro benzene ring substituents is 1. The number of hydrogen-bond donors (Lipinski definition) is 3. The van der Waals surface area contributed by atoms with Crippen LogP contribution in [0.15, 0.2) is 42.6 Å². The maximum atomic E-state index is 10.9. The van der Waals surface area contributed by atoms with Gasteiger partial charge in [-0.2, -0.15) is 0 Å². The molecule has 134 valence electrons. The number of halogens is 2. The monoisotopic (exact) mass is 392 g/mol. The highest BCUT2D eigenvalue weighted by molar-refractivity contribution is 6.36. The maximum Gasteiger partial charge on any atom is 0.310 e. The number of aromatic nitrogens is 2. The average Bonchev–Trinajstić information content (AvgIpc) is 3.06. The first-order valence-corrected chi connectivity index (χ1v) is 8.33. The van der Waals surface area contributed by atoms with E-state index < -0.39 is 11.0 Å². The summed E-state index contributed by atoms with van der Waals surface area (Å²) >= 11 is 12.1. The first kappa shape index (κ1) is 18.2. The molecule has 9 heteroatoms. The Bertz CT molecular complexity index is 974. The minimum absolute atomic E-state index is 0.308. The molecule has 3 aromatic rings. The fourth-order valence-corrected chi connectivity index (χ4v) is 3.07. The Labute approximate surface area is 158 Å². The van der Waals surface area contributed by atoms with Crippen molar-refractivity contribution in [3.63, 3.8) is 0 Å². The number of nitrogens with two attached hydrogens (primary N) is 1. The molecular formula is C17H14Cl2N4O3. The average molecular weight is 393 g/mol. The largest absolute Gasteiger partial charge is 0.502 e. The molecule has 4 N–H and O–H groups in total. The van der Waals surface area contributed by atoms with Gasteiger partial charge >= 0.3 is 5.69 Å². The van der Waals surface area contributed by atoms with Gasteiger partial charge in [0.25, 0.3) is 0 Å². The number of nitro groups is 1. The standard InChI is InChI=1S/C17H14Cl2N4O3/c18-10-2-3-11(12(19)7-10)14-8-21-17(22-14)13(20)5-9-1-4-16(24)15(6-9)23(25)26/h1-4,6-8,13,24H,5,20H2,(H,21,22)/t13-/m0/s1. The zero-order valence-corrected chi connectivity index (χ0v) is 14.8. The molecule has 0 radical (unpaired) electrons. The van der Waals surface area contributed by atoms with Crippen LogP contribution in [0.3, 0.4) is 0 Å². The summed E-state index contributed by atoms with van der Waals surface area (Å²) in [6, 6.07) is 8.78. The molecule has 2 aromatic carbocycles. The van der Waals surface area contributed by atoms with E-state index in [4.69, 9.17) is 28.9 Å². The van der Waals surface area contributed by atoms with E-state index >= 15 is 0 Å². The Balaban J connectivity index is 1.81. The van der Waals surface area contributed by atoms with Crippen molar-refractivity contribution in [2.24, 2.45) is 5.73 Å². The molecule has 0 aliphatic rings. The number of aromatic amines is 1. The van der Waals surface area contributed by atoms with E-state index in [2.05, 4.69) is 9.97 Å². The molecule has 0 saturated heterocycles. The summed E-state index contributed by atoms with van der Waals surface area (Å²) in [5.74, 6) is 0.131. The normalized spacial score (nSPS) is 12.1. The lowest BCUT2D eigenvalue weighted by Gasteiger charge is -2.09. The molecule has 0 spiro atoms. The van der Waals surface area contributed by atoms with Gasteiger partial charge in [-0.15, -0.1) is 0 Å². The first-order chi connectivity index (χ1) is 12.3. The fraction of sp³-hybridized carbons (Fsp3) is 0.118. The van der Waals surface area contributed by atoms with Crippen LogP contribution in [0.2, 0.25) is 10.0 Å². The number of imidazole rings is 1. The van der Waals surface area contributed by atoms with E-state index in [0.29, 0.717) is 33.5 Å². The lowest BCUT2D eigenvalue weighted by Crippen LogP contribution is -2.15. The second-order valence-corrected chi connectivity index (χ2v) is 6.54. The van der Waals surface area contributed by atoms with Crippen molar-refractivity contribution in [3.05, 3.63) is 74.1 Å². The summed E-state index contributed by atoms with van der Waals surface area (Å²) in [4.78, 5) is 17.7. The van der Waals surface area contributed by atoms with Crippen LogP contribution in [0.25, 0.3) is 11.3 Å². The minimum Gasteiger partial charge on any atom is -0.502 e. The van der Waals surface area contributed by atoms with Crippen LogP contribution < -0.4 is 5.73 Å². The molecule has 0 amide bonds. The van der Waals surface area contributed by atoms with Crippen LogP contribution >= 0.6 is 23.2 Å².